The maximum Gasteiger partial charge on any atom is 0.338 e. The average molecular weight is 721 g/mol. The van der Waals surface area contributed by atoms with Gasteiger partial charge in [-0.1, -0.05) is 32.2 Å². The van der Waals surface area contributed by atoms with Crippen molar-refractivity contribution in [3.63, 3.8) is 0 Å². The number of carbonyl (C=O) groups excluding carboxylic acids is 3. The lowest BCUT2D eigenvalue weighted by atomic mass is 10.1. The second-order valence-electron chi connectivity index (χ2n) is 9.55. The Morgan fingerprint density at radius 1 is 0.886 bits per heavy atom. The summed E-state index contributed by atoms with van der Waals surface area (Å²) < 4.78 is 17.5. The fourth-order valence-corrected chi connectivity index (χ4v) is 12.5. The van der Waals surface area contributed by atoms with E-state index < -0.39 is 30.1 Å². The standard InChI is InChI=1S/C30H40O8S6/c1-4-26(31)37-24(20-44-21(3)30-42-14-15-43-30)17-34-29(33)23-8-6-22(7-9-23)16-35-36-18-25(38-27(32)5-2)19-39-11-10-28-40-12-13-41-28/h4-9,21,24-25,28,30H,1-2,10-20H2,3H3. The summed E-state index contributed by atoms with van der Waals surface area (Å²) in [5.74, 6) is 5.28. The second kappa shape index (κ2) is 21.8. The first-order chi connectivity index (χ1) is 21.4. The molecule has 2 saturated heterocycles. The monoisotopic (exact) mass is 720 g/mol. The van der Waals surface area contributed by atoms with Crippen LogP contribution in [0.15, 0.2) is 49.6 Å². The molecule has 8 nitrogen and oxygen atoms in total. The summed E-state index contributed by atoms with van der Waals surface area (Å²) in [5.41, 5.74) is 1.15. The van der Waals surface area contributed by atoms with Gasteiger partial charge in [0.15, 0.2) is 0 Å². The van der Waals surface area contributed by atoms with Crippen molar-refractivity contribution in [2.45, 2.75) is 46.6 Å². The molecule has 0 N–H and O–H groups in total. The van der Waals surface area contributed by atoms with Crippen LogP contribution in [-0.2, 0) is 40.2 Å². The normalized spacial score (nSPS) is 17.5. The minimum absolute atomic E-state index is 0.0455. The fraction of sp³-hybridized carbons (Fsp3) is 0.567. The number of carbonyl (C=O) groups is 3. The molecule has 2 aliphatic heterocycles. The van der Waals surface area contributed by atoms with E-state index in [1.807, 2.05) is 47.0 Å². The number of ether oxygens (including phenoxy) is 3. The van der Waals surface area contributed by atoms with Crippen molar-refractivity contribution in [3.8, 4) is 0 Å². The van der Waals surface area contributed by atoms with Crippen LogP contribution in [0.2, 0.25) is 0 Å². The molecule has 2 fully saturated rings. The van der Waals surface area contributed by atoms with Crippen LogP contribution in [0.1, 0.15) is 29.3 Å². The Morgan fingerprint density at radius 3 is 2.14 bits per heavy atom. The molecule has 3 rings (SSSR count). The van der Waals surface area contributed by atoms with Gasteiger partial charge in [-0.3, -0.25) is 0 Å². The molecule has 0 bridgehead atoms. The van der Waals surface area contributed by atoms with Crippen molar-refractivity contribution in [2.75, 3.05) is 53.5 Å². The molecule has 1 aromatic carbocycles. The molecule has 2 heterocycles. The summed E-state index contributed by atoms with van der Waals surface area (Å²) in [5, 5.41) is 0.378. The zero-order chi connectivity index (χ0) is 31.6. The van der Waals surface area contributed by atoms with Crippen molar-refractivity contribution >= 4 is 88.5 Å². The third-order valence-electron chi connectivity index (χ3n) is 6.12. The third kappa shape index (κ3) is 14.7. The molecule has 14 heteroatoms. The average Bonchev–Trinajstić information content (AvgIpc) is 3.77. The van der Waals surface area contributed by atoms with Crippen LogP contribution in [0.3, 0.4) is 0 Å². The van der Waals surface area contributed by atoms with Crippen molar-refractivity contribution in [3.05, 3.63) is 60.7 Å². The molecule has 0 amide bonds. The molecule has 0 spiro atoms. The van der Waals surface area contributed by atoms with Crippen LogP contribution in [-0.4, -0.2) is 98.0 Å². The predicted octanol–water partition coefficient (Wildman–Crippen LogP) is 6.34. The van der Waals surface area contributed by atoms with E-state index in [0.717, 1.165) is 41.4 Å². The molecule has 3 unspecified atom stereocenters. The molecule has 0 aliphatic carbocycles. The predicted molar refractivity (Wildman–Crippen MR) is 189 cm³/mol. The SMILES string of the molecule is C=CC(=O)OC(COOCc1ccc(C(=O)OCC(CSC(C)C2SCCS2)OC(=O)C=C)cc1)CSCCC1SCCS1. The topological polar surface area (TPSA) is 97.4 Å². The molecule has 244 valence electrons. The zero-order valence-electron chi connectivity index (χ0n) is 24.8. The molecule has 44 heavy (non-hydrogen) atoms. The lowest BCUT2D eigenvalue weighted by Gasteiger charge is -2.21. The van der Waals surface area contributed by atoms with E-state index >= 15 is 0 Å². The maximum absolute atomic E-state index is 12.7. The maximum atomic E-state index is 12.7. The number of benzene rings is 1. The molecule has 3 atom stereocenters. The van der Waals surface area contributed by atoms with Gasteiger partial charge in [-0.2, -0.15) is 23.5 Å². The van der Waals surface area contributed by atoms with Crippen molar-refractivity contribution in [2.24, 2.45) is 0 Å². The van der Waals surface area contributed by atoms with Crippen molar-refractivity contribution in [1.82, 2.24) is 0 Å². The van der Waals surface area contributed by atoms with E-state index in [9.17, 15) is 14.4 Å². The minimum Gasteiger partial charge on any atom is -0.458 e. The van der Waals surface area contributed by atoms with Crippen LogP contribution in [0.4, 0.5) is 0 Å². The molecule has 0 saturated carbocycles. The van der Waals surface area contributed by atoms with E-state index in [1.165, 1.54) is 11.5 Å². The molecule has 0 radical (unpaired) electrons. The highest BCUT2D eigenvalue weighted by Gasteiger charge is 2.25. The van der Waals surface area contributed by atoms with Crippen LogP contribution in [0.5, 0.6) is 0 Å². The lowest BCUT2D eigenvalue weighted by Crippen LogP contribution is -2.28. The summed E-state index contributed by atoms with van der Waals surface area (Å²) in [6.45, 7) is 9.29. The van der Waals surface area contributed by atoms with Gasteiger partial charge >= 0.3 is 17.9 Å². The summed E-state index contributed by atoms with van der Waals surface area (Å²) in [6.07, 6.45) is 2.34. The Balaban J connectivity index is 1.38. The van der Waals surface area contributed by atoms with Gasteiger partial charge in [0.1, 0.15) is 32.0 Å². The zero-order valence-corrected chi connectivity index (χ0v) is 29.7. The van der Waals surface area contributed by atoms with Gasteiger partial charge in [0, 0.05) is 51.9 Å². The van der Waals surface area contributed by atoms with E-state index in [0.29, 0.717) is 31.5 Å². The smallest absolute Gasteiger partial charge is 0.338 e. The van der Waals surface area contributed by atoms with E-state index in [4.69, 9.17) is 24.0 Å². The first-order valence-corrected chi connectivity index (χ1v) is 20.6. The Labute approximate surface area is 286 Å². The highest BCUT2D eigenvalue weighted by Crippen LogP contribution is 2.39. The Bertz CT molecular complexity index is 1050. The van der Waals surface area contributed by atoms with Gasteiger partial charge < -0.3 is 14.2 Å². The minimum atomic E-state index is -0.573. The van der Waals surface area contributed by atoms with Crippen molar-refractivity contribution < 1.29 is 38.4 Å². The Kier molecular flexibility index (Phi) is 18.7. The summed E-state index contributed by atoms with van der Waals surface area (Å²) in [4.78, 5) is 47.0. The van der Waals surface area contributed by atoms with Gasteiger partial charge in [0.05, 0.1) is 14.7 Å². The van der Waals surface area contributed by atoms with Gasteiger partial charge in [0.25, 0.3) is 0 Å². The molecular weight excluding hydrogens is 681 g/mol. The number of esters is 3. The number of hydrogen-bond acceptors (Lipinski definition) is 14. The summed E-state index contributed by atoms with van der Waals surface area (Å²) in [6, 6.07) is 6.77. The van der Waals surface area contributed by atoms with Crippen LogP contribution in [0.25, 0.3) is 0 Å². The summed E-state index contributed by atoms with van der Waals surface area (Å²) >= 11 is 11.3. The largest absolute Gasteiger partial charge is 0.458 e. The van der Waals surface area contributed by atoms with Gasteiger partial charge in [-0.05, 0) is 29.9 Å². The van der Waals surface area contributed by atoms with Crippen LogP contribution < -0.4 is 0 Å². The number of rotatable bonds is 21. The van der Waals surface area contributed by atoms with Crippen LogP contribution in [0, 0.1) is 0 Å². The second-order valence-corrected chi connectivity index (χ2v) is 17.8. The molecule has 1 aromatic rings. The van der Waals surface area contributed by atoms with Crippen LogP contribution >= 0.6 is 70.6 Å². The Morgan fingerprint density at radius 2 is 1.50 bits per heavy atom. The lowest BCUT2D eigenvalue weighted by molar-refractivity contribution is -0.313. The van der Waals surface area contributed by atoms with Gasteiger partial charge in [-0.15, -0.1) is 47.0 Å². The van der Waals surface area contributed by atoms with E-state index in [1.54, 1.807) is 47.8 Å². The van der Waals surface area contributed by atoms with Crippen molar-refractivity contribution in [1.29, 1.82) is 0 Å². The highest BCUT2D eigenvalue weighted by atomic mass is 32.2. The van der Waals surface area contributed by atoms with E-state index in [2.05, 4.69) is 20.1 Å². The molecular formula is C30H40O8S6. The molecule has 2 aliphatic rings. The summed E-state index contributed by atoms with van der Waals surface area (Å²) in [7, 11) is 0. The fourth-order valence-electron chi connectivity index (χ4n) is 3.83. The highest BCUT2D eigenvalue weighted by molar-refractivity contribution is 8.21. The Hall–Kier alpha value is -0.870. The molecule has 0 aromatic heterocycles. The number of thioether (sulfide) groups is 6. The quantitative estimate of drug-likeness (QED) is 0.0353. The van der Waals surface area contributed by atoms with E-state index in [-0.39, 0.29) is 19.8 Å². The first-order valence-electron chi connectivity index (χ1n) is 14.2. The van der Waals surface area contributed by atoms with Gasteiger partial charge in [0.2, 0.25) is 0 Å². The number of hydrogen-bond donors (Lipinski definition) is 0. The first kappa shape index (κ1) is 37.6. The third-order valence-corrected chi connectivity index (χ3v) is 15.6. The van der Waals surface area contributed by atoms with Gasteiger partial charge in [-0.25, -0.2) is 24.2 Å².